The van der Waals surface area contributed by atoms with Gasteiger partial charge < -0.3 is 5.73 Å². The van der Waals surface area contributed by atoms with Gasteiger partial charge in [0.2, 0.25) is 0 Å². The van der Waals surface area contributed by atoms with Crippen LogP contribution in [0.1, 0.15) is 51.1 Å². The molecule has 1 aliphatic rings. The van der Waals surface area contributed by atoms with E-state index in [1.807, 2.05) is 17.9 Å². The lowest BCUT2D eigenvalue weighted by Crippen LogP contribution is -2.36. The summed E-state index contributed by atoms with van der Waals surface area (Å²) in [5.41, 5.74) is 7.84. The van der Waals surface area contributed by atoms with E-state index in [0.29, 0.717) is 5.41 Å². The van der Waals surface area contributed by atoms with Crippen LogP contribution in [0, 0.1) is 11.3 Å². The first-order chi connectivity index (χ1) is 8.69. The van der Waals surface area contributed by atoms with Gasteiger partial charge in [0.1, 0.15) is 0 Å². The van der Waals surface area contributed by atoms with Gasteiger partial charge in [-0.25, -0.2) is 0 Å². The Morgan fingerprint density at radius 1 is 1.56 bits per heavy atom. The minimum absolute atomic E-state index is 0.392. The molecule has 1 heterocycles. The first-order valence-corrected chi connectivity index (χ1v) is 7.36. The van der Waals surface area contributed by atoms with Crippen LogP contribution in [0.25, 0.3) is 0 Å². The minimum Gasteiger partial charge on any atom is -0.330 e. The second kappa shape index (κ2) is 5.87. The second-order valence-corrected chi connectivity index (χ2v) is 6.02. The molecule has 0 aromatic carbocycles. The molecule has 18 heavy (non-hydrogen) atoms. The van der Waals surface area contributed by atoms with E-state index in [1.54, 1.807) is 0 Å². The van der Waals surface area contributed by atoms with Gasteiger partial charge in [-0.2, -0.15) is 5.10 Å². The van der Waals surface area contributed by atoms with Crippen LogP contribution < -0.4 is 5.73 Å². The van der Waals surface area contributed by atoms with E-state index < -0.39 is 0 Å². The van der Waals surface area contributed by atoms with Crippen LogP contribution in [0.5, 0.6) is 0 Å². The largest absolute Gasteiger partial charge is 0.330 e. The molecular weight excluding hydrogens is 222 g/mol. The van der Waals surface area contributed by atoms with E-state index in [4.69, 9.17) is 5.73 Å². The molecule has 0 spiro atoms. The van der Waals surface area contributed by atoms with Gasteiger partial charge in [0.25, 0.3) is 0 Å². The molecule has 0 aliphatic heterocycles. The summed E-state index contributed by atoms with van der Waals surface area (Å²) in [6, 6.07) is 2.13. The van der Waals surface area contributed by atoms with Crippen molar-refractivity contribution in [2.45, 2.75) is 51.9 Å². The molecule has 3 nitrogen and oxygen atoms in total. The summed E-state index contributed by atoms with van der Waals surface area (Å²) in [5.74, 6) is 0.897. The summed E-state index contributed by atoms with van der Waals surface area (Å²) in [5, 5.41) is 4.25. The minimum atomic E-state index is 0.392. The average molecular weight is 249 g/mol. The molecule has 0 amide bonds. The maximum atomic E-state index is 6.11. The molecule has 2 atom stereocenters. The molecule has 1 saturated carbocycles. The van der Waals surface area contributed by atoms with E-state index in [1.165, 1.54) is 44.2 Å². The molecule has 0 radical (unpaired) electrons. The van der Waals surface area contributed by atoms with Crippen molar-refractivity contribution in [1.29, 1.82) is 0 Å². The van der Waals surface area contributed by atoms with Gasteiger partial charge in [-0.05, 0) is 49.6 Å². The van der Waals surface area contributed by atoms with Crippen LogP contribution in [0.15, 0.2) is 12.3 Å². The highest BCUT2D eigenvalue weighted by molar-refractivity contribution is 5.01. The maximum Gasteiger partial charge on any atom is 0.0492 e. The van der Waals surface area contributed by atoms with Crippen LogP contribution in [0.3, 0.4) is 0 Å². The van der Waals surface area contributed by atoms with Crippen molar-refractivity contribution in [3.05, 3.63) is 18.0 Å². The summed E-state index contributed by atoms with van der Waals surface area (Å²) in [6.45, 7) is 3.17. The second-order valence-electron chi connectivity index (χ2n) is 6.02. The van der Waals surface area contributed by atoms with Gasteiger partial charge in [0.05, 0.1) is 0 Å². The van der Waals surface area contributed by atoms with Crippen molar-refractivity contribution in [2.75, 3.05) is 6.54 Å². The molecule has 1 aromatic heterocycles. The van der Waals surface area contributed by atoms with Gasteiger partial charge in [-0.15, -0.1) is 0 Å². The van der Waals surface area contributed by atoms with E-state index in [-0.39, 0.29) is 0 Å². The SMILES string of the molecule is CCC1CCCC(CN)(CCc2ccnn2C)C1. The number of nitrogens with two attached hydrogens (primary N) is 1. The van der Waals surface area contributed by atoms with Crippen LogP contribution in [0.2, 0.25) is 0 Å². The van der Waals surface area contributed by atoms with Gasteiger partial charge in [-0.3, -0.25) is 4.68 Å². The van der Waals surface area contributed by atoms with Crippen LogP contribution in [0.4, 0.5) is 0 Å². The highest BCUT2D eigenvalue weighted by Gasteiger charge is 2.34. The fourth-order valence-corrected chi connectivity index (χ4v) is 3.48. The number of hydrogen-bond acceptors (Lipinski definition) is 2. The number of rotatable bonds is 5. The van der Waals surface area contributed by atoms with Crippen LogP contribution >= 0.6 is 0 Å². The van der Waals surface area contributed by atoms with Crippen molar-refractivity contribution in [3.8, 4) is 0 Å². The zero-order chi connectivity index (χ0) is 13.0. The molecular formula is C15H27N3. The van der Waals surface area contributed by atoms with Crippen molar-refractivity contribution in [3.63, 3.8) is 0 Å². The fraction of sp³-hybridized carbons (Fsp3) is 0.800. The quantitative estimate of drug-likeness (QED) is 0.872. The summed E-state index contributed by atoms with van der Waals surface area (Å²) in [4.78, 5) is 0. The third-order valence-corrected chi connectivity index (χ3v) is 4.89. The third kappa shape index (κ3) is 2.94. The number of hydrogen-bond donors (Lipinski definition) is 1. The molecule has 1 aliphatic carbocycles. The average Bonchev–Trinajstić information content (AvgIpc) is 2.82. The van der Waals surface area contributed by atoms with Crippen molar-refractivity contribution >= 4 is 0 Å². The predicted octanol–water partition coefficient (Wildman–Crippen LogP) is 2.90. The summed E-state index contributed by atoms with van der Waals surface area (Å²) >= 11 is 0. The van der Waals surface area contributed by atoms with Gasteiger partial charge in [0.15, 0.2) is 0 Å². The Morgan fingerprint density at radius 3 is 3.00 bits per heavy atom. The molecule has 1 aromatic rings. The first kappa shape index (κ1) is 13.6. The van der Waals surface area contributed by atoms with E-state index in [2.05, 4.69) is 18.1 Å². The number of aromatic nitrogens is 2. The summed E-state index contributed by atoms with van der Waals surface area (Å²) < 4.78 is 1.99. The Hall–Kier alpha value is -0.830. The monoisotopic (exact) mass is 249 g/mol. The molecule has 3 heteroatoms. The fourth-order valence-electron chi connectivity index (χ4n) is 3.48. The Bertz CT molecular complexity index is 372. The van der Waals surface area contributed by atoms with Crippen molar-refractivity contribution < 1.29 is 0 Å². The van der Waals surface area contributed by atoms with Gasteiger partial charge in [0, 0.05) is 18.9 Å². The van der Waals surface area contributed by atoms with Gasteiger partial charge in [-0.1, -0.05) is 26.2 Å². The molecule has 2 unspecified atom stereocenters. The number of aryl methyl sites for hydroxylation is 2. The Labute approximate surface area is 111 Å². The zero-order valence-electron chi connectivity index (χ0n) is 11.9. The van der Waals surface area contributed by atoms with Crippen molar-refractivity contribution in [2.24, 2.45) is 24.1 Å². The van der Waals surface area contributed by atoms with E-state index in [9.17, 15) is 0 Å². The smallest absolute Gasteiger partial charge is 0.0492 e. The third-order valence-electron chi connectivity index (χ3n) is 4.89. The molecule has 2 rings (SSSR count). The number of nitrogens with zero attached hydrogens (tertiary/aromatic N) is 2. The van der Waals surface area contributed by atoms with Gasteiger partial charge >= 0.3 is 0 Å². The highest BCUT2D eigenvalue weighted by Crippen LogP contribution is 2.43. The Kier molecular flexibility index (Phi) is 4.44. The van der Waals surface area contributed by atoms with E-state index >= 15 is 0 Å². The lowest BCUT2D eigenvalue weighted by Gasteiger charge is -2.40. The van der Waals surface area contributed by atoms with Crippen LogP contribution in [-0.2, 0) is 13.5 Å². The normalized spacial score (nSPS) is 28.5. The van der Waals surface area contributed by atoms with E-state index in [0.717, 1.165) is 18.9 Å². The molecule has 1 fully saturated rings. The maximum absolute atomic E-state index is 6.11. The highest BCUT2D eigenvalue weighted by atomic mass is 15.2. The molecule has 2 N–H and O–H groups in total. The lowest BCUT2D eigenvalue weighted by molar-refractivity contribution is 0.131. The standard InChI is InChI=1S/C15H27N3/c1-3-13-5-4-8-15(11-13,12-16)9-6-14-7-10-17-18(14)2/h7,10,13H,3-6,8-9,11-12,16H2,1-2H3. The topological polar surface area (TPSA) is 43.8 Å². The van der Waals surface area contributed by atoms with Crippen LogP contribution in [-0.4, -0.2) is 16.3 Å². The molecule has 0 saturated heterocycles. The molecule has 102 valence electrons. The lowest BCUT2D eigenvalue weighted by atomic mass is 9.66. The molecule has 0 bridgehead atoms. The first-order valence-electron chi connectivity index (χ1n) is 7.36. The predicted molar refractivity (Wildman–Crippen MR) is 75.3 cm³/mol. The summed E-state index contributed by atoms with van der Waals surface area (Å²) in [7, 11) is 2.03. The Morgan fingerprint density at radius 2 is 2.39 bits per heavy atom. The zero-order valence-corrected chi connectivity index (χ0v) is 11.9. The van der Waals surface area contributed by atoms with Crippen molar-refractivity contribution in [1.82, 2.24) is 9.78 Å². The Balaban J connectivity index is 1.97. The summed E-state index contributed by atoms with van der Waals surface area (Å²) in [6.07, 6.45) is 11.0.